The summed E-state index contributed by atoms with van der Waals surface area (Å²) in [5.74, 6) is 1.32. The molecule has 0 bridgehead atoms. The van der Waals surface area contributed by atoms with E-state index in [4.69, 9.17) is 11.6 Å². The van der Waals surface area contributed by atoms with Gasteiger partial charge in [0, 0.05) is 13.1 Å². The van der Waals surface area contributed by atoms with Crippen LogP contribution in [0.3, 0.4) is 0 Å². The molecule has 4 nitrogen and oxygen atoms in total. The molecule has 0 saturated heterocycles. The van der Waals surface area contributed by atoms with Crippen molar-refractivity contribution in [1.29, 1.82) is 0 Å². The van der Waals surface area contributed by atoms with Gasteiger partial charge in [-0.2, -0.15) is 4.98 Å². The van der Waals surface area contributed by atoms with Crippen molar-refractivity contribution in [3.05, 3.63) is 11.2 Å². The van der Waals surface area contributed by atoms with E-state index < -0.39 is 0 Å². The van der Waals surface area contributed by atoms with E-state index in [0.717, 1.165) is 5.82 Å². The third-order valence-corrected chi connectivity index (χ3v) is 2.16. The zero-order valence-electron chi connectivity index (χ0n) is 7.34. The first kappa shape index (κ1) is 8.56. The fraction of sp³-hybridized carbons (Fsp3) is 0.500. The molecule has 1 heterocycles. The van der Waals surface area contributed by atoms with Gasteiger partial charge in [0.1, 0.15) is 5.02 Å². The largest absolute Gasteiger partial charge is 0.366 e. The standard InChI is InChI=1S/C8H11ClN4/c1-10-8-11-4-6(9)7(13-8)12-5-2-3-5/h4-5H,2-3H2,1H3,(H2,10,11,12,13). The number of nitrogens with one attached hydrogen (secondary N) is 2. The Morgan fingerprint density at radius 3 is 2.92 bits per heavy atom. The molecule has 1 aliphatic carbocycles. The normalized spacial score (nSPS) is 15.5. The van der Waals surface area contributed by atoms with Crippen molar-refractivity contribution in [3.63, 3.8) is 0 Å². The van der Waals surface area contributed by atoms with Gasteiger partial charge in [-0.15, -0.1) is 0 Å². The van der Waals surface area contributed by atoms with Gasteiger partial charge < -0.3 is 10.6 Å². The highest BCUT2D eigenvalue weighted by Gasteiger charge is 2.22. The molecule has 70 valence electrons. The molecule has 1 aliphatic rings. The van der Waals surface area contributed by atoms with Crippen LogP contribution >= 0.6 is 11.6 Å². The molecular weight excluding hydrogens is 188 g/mol. The van der Waals surface area contributed by atoms with Crippen molar-refractivity contribution in [3.8, 4) is 0 Å². The highest BCUT2D eigenvalue weighted by molar-refractivity contribution is 6.32. The van der Waals surface area contributed by atoms with Crippen molar-refractivity contribution in [2.75, 3.05) is 17.7 Å². The van der Waals surface area contributed by atoms with E-state index in [1.165, 1.54) is 12.8 Å². The van der Waals surface area contributed by atoms with E-state index >= 15 is 0 Å². The van der Waals surface area contributed by atoms with Crippen molar-refractivity contribution in [2.24, 2.45) is 0 Å². The van der Waals surface area contributed by atoms with Crippen LogP contribution in [0.15, 0.2) is 6.20 Å². The Balaban J connectivity index is 2.19. The average molecular weight is 199 g/mol. The molecule has 0 aliphatic heterocycles. The molecule has 0 atom stereocenters. The van der Waals surface area contributed by atoms with E-state index in [1.54, 1.807) is 13.2 Å². The second kappa shape index (κ2) is 3.38. The molecule has 1 fully saturated rings. The number of rotatable bonds is 3. The van der Waals surface area contributed by atoms with E-state index in [1.807, 2.05) is 0 Å². The lowest BCUT2D eigenvalue weighted by molar-refractivity contribution is 1.08. The van der Waals surface area contributed by atoms with Crippen LogP contribution in [0.1, 0.15) is 12.8 Å². The SMILES string of the molecule is CNc1ncc(Cl)c(NC2CC2)n1. The Labute approximate surface area is 81.7 Å². The fourth-order valence-corrected chi connectivity index (χ4v) is 1.16. The fourth-order valence-electron chi connectivity index (χ4n) is 1.01. The summed E-state index contributed by atoms with van der Waals surface area (Å²) in [5, 5.41) is 6.68. The summed E-state index contributed by atoms with van der Waals surface area (Å²) in [6.45, 7) is 0. The van der Waals surface area contributed by atoms with Crippen molar-refractivity contribution in [2.45, 2.75) is 18.9 Å². The number of nitrogens with zero attached hydrogens (tertiary/aromatic N) is 2. The first-order valence-corrected chi connectivity index (χ1v) is 4.64. The van der Waals surface area contributed by atoms with E-state index in [9.17, 15) is 0 Å². The van der Waals surface area contributed by atoms with Crippen molar-refractivity contribution < 1.29 is 0 Å². The lowest BCUT2D eigenvalue weighted by Crippen LogP contribution is -2.06. The molecule has 0 unspecified atom stereocenters. The smallest absolute Gasteiger partial charge is 0.224 e. The minimum Gasteiger partial charge on any atom is -0.366 e. The van der Waals surface area contributed by atoms with E-state index in [0.29, 0.717) is 17.0 Å². The number of halogens is 1. The molecule has 2 rings (SSSR count). The first-order chi connectivity index (χ1) is 6.29. The van der Waals surface area contributed by atoms with Crippen molar-refractivity contribution >= 4 is 23.4 Å². The molecule has 0 amide bonds. The van der Waals surface area contributed by atoms with Gasteiger partial charge in [0.05, 0.1) is 6.20 Å². The van der Waals surface area contributed by atoms with Crippen LogP contribution in [0.4, 0.5) is 11.8 Å². The van der Waals surface area contributed by atoms with E-state index in [2.05, 4.69) is 20.6 Å². The summed E-state index contributed by atoms with van der Waals surface area (Å²) in [5.41, 5.74) is 0. The Bertz CT molecular complexity index is 311. The van der Waals surface area contributed by atoms with Gasteiger partial charge in [0.25, 0.3) is 0 Å². The van der Waals surface area contributed by atoms with Gasteiger partial charge in [-0.05, 0) is 12.8 Å². The van der Waals surface area contributed by atoms with Crippen LogP contribution in [-0.2, 0) is 0 Å². The number of hydrogen-bond donors (Lipinski definition) is 2. The van der Waals surface area contributed by atoms with E-state index in [-0.39, 0.29) is 0 Å². The molecule has 1 aromatic heterocycles. The second-order valence-electron chi connectivity index (χ2n) is 3.06. The Morgan fingerprint density at radius 2 is 2.31 bits per heavy atom. The molecular formula is C8H11ClN4. The first-order valence-electron chi connectivity index (χ1n) is 4.26. The molecule has 0 spiro atoms. The predicted molar refractivity (Wildman–Crippen MR) is 53.2 cm³/mol. The number of anilines is 2. The van der Waals surface area contributed by atoms with Crippen LogP contribution in [0.5, 0.6) is 0 Å². The molecule has 13 heavy (non-hydrogen) atoms. The van der Waals surface area contributed by atoms with Crippen LogP contribution < -0.4 is 10.6 Å². The Kier molecular flexibility index (Phi) is 2.22. The van der Waals surface area contributed by atoms with Crippen LogP contribution in [-0.4, -0.2) is 23.1 Å². The maximum absolute atomic E-state index is 5.91. The molecule has 2 N–H and O–H groups in total. The Hall–Kier alpha value is -1.03. The minimum atomic E-state index is 0.553. The van der Waals surface area contributed by atoms with Crippen LogP contribution in [0.25, 0.3) is 0 Å². The van der Waals surface area contributed by atoms with Gasteiger partial charge in [-0.3, -0.25) is 0 Å². The summed E-state index contributed by atoms with van der Waals surface area (Å²) in [6, 6.07) is 0.553. The quantitative estimate of drug-likeness (QED) is 0.777. The second-order valence-corrected chi connectivity index (χ2v) is 3.47. The molecule has 1 aromatic rings. The minimum absolute atomic E-state index is 0.553. The highest BCUT2D eigenvalue weighted by atomic mass is 35.5. The maximum atomic E-state index is 5.91. The van der Waals surface area contributed by atoms with Crippen LogP contribution in [0.2, 0.25) is 5.02 Å². The average Bonchev–Trinajstić information content (AvgIpc) is 2.93. The summed E-state index contributed by atoms with van der Waals surface area (Å²) in [7, 11) is 1.78. The lowest BCUT2D eigenvalue weighted by Gasteiger charge is -2.06. The zero-order chi connectivity index (χ0) is 9.26. The third-order valence-electron chi connectivity index (χ3n) is 1.89. The number of hydrogen-bond acceptors (Lipinski definition) is 4. The summed E-state index contributed by atoms with van der Waals surface area (Å²) in [4.78, 5) is 8.20. The lowest BCUT2D eigenvalue weighted by atomic mass is 10.5. The van der Waals surface area contributed by atoms with Crippen LogP contribution in [0, 0.1) is 0 Å². The van der Waals surface area contributed by atoms with Crippen molar-refractivity contribution in [1.82, 2.24) is 9.97 Å². The van der Waals surface area contributed by atoms with Gasteiger partial charge in [0.2, 0.25) is 5.95 Å². The van der Waals surface area contributed by atoms with Gasteiger partial charge in [0.15, 0.2) is 5.82 Å². The highest BCUT2D eigenvalue weighted by Crippen LogP contribution is 2.27. The molecule has 0 radical (unpaired) electrons. The van der Waals surface area contributed by atoms with Gasteiger partial charge >= 0.3 is 0 Å². The van der Waals surface area contributed by atoms with Gasteiger partial charge in [-0.1, -0.05) is 11.6 Å². The Morgan fingerprint density at radius 1 is 1.54 bits per heavy atom. The topological polar surface area (TPSA) is 49.8 Å². The molecule has 1 saturated carbocycles. The maximum Gasteiger partial charge on any atom is 0.224 e. The zero-order valence-corrected chi connectivity index (χ0v) is 8.10. The summed E-state index contributed by atoms with van der Waals surface area (Å²) >= 11 is 5.91. The predicted octanol–water partition coefficient (Wildman–Crippen LogP) is 1.75. The van der Waals surface area contributed by atoms with Gasteiger partial charge in [-0.25, -0.2) is 4.98 Å². The molecule has 0 aromatic carbocycles. The monoisotopic (exact) mass is 198 g/mol. The number of aromatic nitrogens is 2. The summed E-state index contributed by atoms with van der Waals surface area (Å²) < 4.78 is 0. The molecule has 5 heteroatoms. The summed E-state index contributed by atoms with van der Waals surface area (Å²) in [6.07, 6.45) is 4.01. The third kappa shape index (κ3) is 2.01.